The molecule has 1 fully saturated rings. The van der Waals surface area contributed by atoms with Crippen molar-refractivity contribution in [3.63, 3.8) is 0 Å². The van der Waals surface area contributed by atoms with E-state index in [2.05, 4.69) is 15.1 Å². The summed E-state index contributed by atoms with van der Waals surface area (Å²) in [7, 11) is 1.88. The van der Waals surface area contributed by atoms with E-state index < -0.39 is 0 Å². The monoisotopic (exact) mass is 399 g/mol. The maximum absolute atomic E-state index is 12.5. The molecule has 1 aliphatic heterocycles. The van der Waals surface area contributed by atoms with E-state index in [1.165, 1.54) is 0 Å². The van der Waals surface area contributed by atoms with Gasteiger partial charge in [-0.1, -0.05) is 11.6 Å². The first-order valence-corrected chi connectivity index (χ1v) is 9.71. The van der Waals surface area contributed by atoms with Gasteiger partial charge >= 0.3 is 0 Å². The molecule has 146 valence electrons. The summed E-state index contributed by atoms with van der Waals surface area (Å²) in [6.07, 6.45) is 5.09. The number of amides is 1. The second-order valence-electron chi connectivity index (χ2n) is 7.09. The number of halogens is 1. The van der Waals surface area contributed by atoms with Crippen molar-refractivity contribution in [1.82, 2.24) is 24.6 Å². The van der Waals surface area contributed by atoms with Crippen LogP contribution in [-0.4, -0.2) is 50.3 Å². The molecule has 1 amide bonds. The summed E-state index contributed by atoms with van der Waals surface area (Å²) in [4.78, 5) is 23.2. The number of hydrogen-bond donors (Lipinski definition) is 0. The number of piperidine rings is 1. The number of ether oxygens (including phenoxy) is 1. The van der Waals surface area contributed by atoms with Gasteiger partial charge in [0, 0.05) is 43.5 Å². The molecule has 0 bridgehead atoms. The van der Waals surface area contributed by atoms with Crippen molar-refractivity contribution in [3.8, 4) is 5.75 Å². The normalized spacial score (nSPS) is 15.2. The molecule has 3 aromatic rings. The van der Waals surface area contributed by atoms with Crippen molar-refractivity contribution in [3.05, 3.63) is 46.9 Å². The zero-order valence-corrected chi connectivity index (χ0v) is 16.7. The van der Waals surface area contributed by atoms with Gasteiger partial charge in [0.15, 0.2) is 12.3 Å². The summed E-state index contributed by atoms with van der Waals surface area (Å²) in [6, 6.07) is 5.40. The Kier molecular flexibility index (Phi) is 5.17. The third kappa shape index (κ3) is 3.67. The Morgan fingerprint density at radius 2 is 2.00 bits per heavy atom. The quantitative estimate of drug-likeness (QED) is 0.674. The standard InChI is InChI=1S/C20H22ClN5O2/c1-13-11-15(3-4-16(13)21)28-12-17(27)26-9-5-14(6-10-26)18-19-20(25(2)24-18)23-8-7-22-19/h3-4,7-8,11,14H,5-6,9-10,12H2,1-2H3. The van der Waals surface area contributed by atoms with E-state index in [1.807, 2.05) is 24.9 Å². The number of aromatic nitrogens is 4. The summed E-state index contributed by atoms with van der Waals surface area (Å²) in [5.74, 6) is 0.935. The first kappa shape index (κ1) is 18.7. The number of likely N-dealkylation sites (tertiary alicyclic amines) is 1. The van der Waals surface area contributed by atoms with Crippen molar-refractivity contribution in [2.75, 3.05) is 19.7 Å². The lowest BCUT2D eigenvalue weighted by Crippen LogP contribution is -2.40. The van der Waals surface area contributed by atoms with Crippen LogP contribution >= 0.6 is 11.6 Å². The fraction of sp³-hybridized carbons (Fsp3) is 0.400. The topological polar surface area (TPSA) is 73.1 Å². The van der Waals surface area contributed by atoms with Gasteiger partial charge in [-0.25, -0.2) is 14.6 Å². The Bertz CT molecular complexity index is 1010. The minimum Gasteiger partial charge on any atom is -0.484 e. The summed E-state index contributed by atoms with van der Waals surface area (Å²) < 4.78 is 7.42. The van der Waals surface area contributed by atoms with E-state index in [1.54, 1.807) is 29.2 Å². The van der Waals surface area contributed by atoms with Gasteiger partial charge in [0.25, 0.3) is 5.91 Å². The number of carbonyl (C=O) groups excluding carboxylic acids is 1. The van der Waals surface area contributed by atoms with Gasteiger partial charge in [-0.3, -0.25) is 4.79 Å². The molecule has 0 aliphatic carbocycles. The summed E-state index contributed by atoms with van der Waals surface area (Å²) in [5, 5.41) is 5.31. The van der Waals surface area contributed by atoms with E-state index in [0.717, 1.165) is 35.3 Å². The lowest BCUT2D eigenvalue weighted by Gasteiger charge is -2.31. The minimum atomic E-state index is -0.00303. The molecule has 0 atom stereocenters. The molecule has 4 rings (SSSR count). The van der Waals surface area contributed by atoms with Crippen molar-refractivity contribution >= 4 is 28.7 Å². The van der Waals surface area contributed by atoms with Gasteiger partial charge in [0.05, 0.1) is 5.69 Å². The third-order valence-corrected chi connectivity index (χ3v) is 5.64. The molecule has 0 N–H and O–H groups in total. The van der Waals surface area contributed by atoms with Gasteiger partial charge in [-0.2, -0.15) is 5.10 Å². The molecule has 1 aromatic carbocycles. The van der Waals surface area contributed by atoms with Gasteiger partial charge < -0.3 is 9.64 Å². The Balaban J connectivity index is 1.35. The molecule has 7 nitrogen and oxygen atoms in total. The van der Waals surface area contributed by atoms with E-state index in [4.69, 9.17) is 16.3 Å². The number of benzene rings is 1. The number of nitrogens with zero attached hydrogens (tertiary/aromatic N) is 5. The van der Waals surface area contributed by atoms with Crippen LogP contribution in [0.15, 0.2) is 30.6 Å². The number of aryl methyl sites for hydroxylation is 2. The maximum Gasteiger partial charge on any atom is 0.260 e. The van der Waals surface area contributed by atoms with Gasteiger partial charge in [-0.05, 0) is 43.5 Å². The molecule has 1 saturated heterocycles. The van der Waals surface area contributed by atoms with Crippen LogP contribution in [-0.2, 0) is 11.8 Å². The van der Waals surface area contributed by atoms with Gasteiger partial charge in [0.2, 0.25) is 0 Å². The maximum atomic E-state index is 12.5. The smallest absolute Gasteiger partial charge is 0.260 e. The van der Waals surface area contributed by atoms with Crippen molar-refractivity contribution in [2.24, 2.45) is 7.05 Å². The number of fused-ring (bicyclic) bond motifs is 1. The fourth-order valence-corrected chi connectivity index (χ4v) is 3.74. The highest BCUT2D eigenvalue weighted by molar-refractivity contribution is 6.31. The molecule has 28 heavy (non-hydrogen) atoms. The first-order valence-electron chi connectivity index (χ1n) is 9.33. The first-order chi connectivity index (χ1) is 13.5. The second-order valence-corrected chi connectivity index (χ2v) is 7.50. The molecule has 0 unspecified atom stereocenters. The highest BCUT2D eigenvalue weighted by Crippen LogP contribution is 2.30. The average Bonchev–Trinajstić information content (AvgIpc) is 3.06. The predicted octanol–water partition coefficient (Wildman–Crippen LogP) is 3.11. The lowest BCUT2D eigenvalue weighted by atomic mass is 9.93. The van der Waals surface area contributed by atoms with Crippen LogP contribution < -0.4 is 4.74 Å². The molecule has 0 saturated carbocycles. The van der Waals surface area contributed by atoms with Crippen LogP contribution in [0.2, 0.25) is 5.02 Å². The van der Waals surface area contributed by atoms with E-state index in [0.29, 0.717) is 23.9 Å². The molecule has 3 heterocycles. The van der Waals surface area contributed by atoms with Crippen LogP contribution in [0.5, 0.6) is 5.75 Å². The zero-order valence-electron chi connectivity index (χ0n) is 15.9. The average molecular weight is 400 g/mol. The van der Waals surface area contributed by atoms with Crippen molar-refractivity contribution < 1.29 is 9.53 Å². The predicted molar refractivity (Wildman–Crippen MR) is 107 cm³/mol. The number of carbonyl (C=O) groups is 1. The van der Waals surface area contributed by atoms with Crippen LogP contribution in [0.3, 0.4) is 0 Å². The second kappa shape index (κ2) is 7.75. The molecule has 2 aromatic heterocycles. The highest BCUT2D eigenvalue weighted by Gasteiger charge is 2.28. The Hall–Kier alpha value is -2.67. The van der Waals surface area contributed by atoms with Crippen molar-refractivity contribution in [2.45, 2.75) is 25.7 Å². The Labute approximate surface area is 168 Å². The molecule has 0 radical (unpaired) electrons. The molecule has 1 aliphatic rings. The van der Waals surface area contributed by atoms with E-state index in [-0.39, 0.29) is 18.4 Å². The SMILES string of the molecule is Cc1cc(OCC(=O)N2CCC(c3nn(C)c4nccnc34)CC2)ccc1Cl. The summed E-state index contributed by atoms with van der Waals surface area (Å²) >= 11 is 6.02. The molecule has 8 heteroatoms. The van der Waals surface area contributed by atoms with Crippen LogP contribution in [0.1, 0.15) is 30.0 Å². The van der Waals surface area contributed by atoms with Crippen LogP contribution in [0.4, 0.5) is 0 Å². The third-order valence-electron chi connectivity index (χ3n) is 5.21. The number of hydrogen-bond acceptors (Lipinski definition) is 5. The summed E-state index contributed by atoms with van der Waals surface area (Å²) in [5.41, 5.74) is 3.56. The zero-order chi connectivity index (χ0) is 19.7. The minimum absolute atomic E-state index is 0.00303. The van der Waals surface area contributed by atoms with E-state index >= 15 is 0 Å². The molecular formula is C20H22ClN5O2. The highest BCUT2D eigenvalue weighted by atomic mass is 35.5. The van der Waals surface area contributed by atoms with Crippen molar-refractivity contribution in [1.29, 1.82) is 0 Å². The van der Waals surface area contributed by atoms with Gasteiger partial charge in [-0.15, -0.1) is 0 Å². The largest absolute Gasteiger partial charge is 0.484 e. The lowest BCUT2D eigenvalue weighted by molar-refractivity contribution is -0.134. The van der Waals surface area contributed by atoms with Crippen LogP contribution in [0.25, 0.3) is 11.2 Å². The summed E-state index contributed by atoms with van der Waals surface area (Å²) in [6.45, 7) is 3.31. The number of rotatable bonds is 4. The Morgan fingerprint density at radius 3 is 2.75 bits per heavy atom. The fourth-order valence-electron chi connectivity index (χ4n) is 3.63. The molecule has 0 spiro atoms. The van der Waals surface area contributed by atoms with E-state index in [9.17, 15) is 4.79 Å². The molecular weight excluding hydrogens is 378 g/mol. The van der Waals surface area contributed by atoms with Crippen LogP contribution in [0, 0.1) is 6.92 Å². The Morgan fingerprint density at radius 1 is 1.25 bits per heavy atom. The van der Waals surface area contributed by atoms with Gasteiger partial charge in [0.1, 0.15) is 11.3 Å².